The van der Waals surface area contributed by atoms with Gasteiger partial charge in [0.25, 0.3) is 11.6 Å². The van der Waals surface area contributed by atoms with Gasteiger partial charge in [0.1, 0.15) is 5.75 Å². The van der Waals surface area contributed by atoms with Crippen LogP contribution in [0.15, 0.2) is 36.0 Å². The van der Waals surface area contributed by atoms with Crippen LogP contribution in [0.5, 0.6) is 5.75 Å². The predicted octanol–water partition coefficient (Wildman–Crippen LogP) is 2.38. The van der Waals surface area contributed by atoms with Crippen LogP contribution in [0.3, 0.4) is 0 Å². The van der Waals surface area contributed by atoms with E-state index in [0.717, 1.165) is 0 Å². The van der Waals surface area contributed by atoms with E-state index in [0.29, 0.717) is 6.08 Å². The molecule has 1 aliphatic heterocycles. The number of aliphatic hydroxyl groups is 1. The molecule has 0 fully saturated rings. The number of hydrogen-bond acceptors (Lipinski definition) is 5. The van der Waals surface area contributed by atoms with Crippen LogP contribution in [0.1, 0.15) is 17.3 Å². The molecule has 1 amide bonds. The van der Waals surface area contributed by atoms with Crippen molar-refractivity contribution in [3.05, 3.63) is 41.6 Å². The van der Waals surface area contributed by atoms with Gasteiger partial charge in [-0.2, -0.15) is 8.78 Å². The van der Waals surface area contributed by atoms with Crippen LogP contribution >= 0.6 is 0 Å². The molecule has 1 aliphatic rings. The number of ether oxygens (including phenoxy) is 2. The quantitative estimate of drug-likeness (QED) is 0.799. The van der Waals surface area contributed by atoms with E-state index in [1.165, 1.54) is 38.3 Å². The van der Waals surface area contributed by atoms with Crippen molar-refractivity contribution in [3.63, 3.8) is 0 Å². The molecule has 0 saturated heterocycles. The summed E-state index contributed by atoms with van der Waals surface area (Å²) in [5.41, 5.74) is -1.99. The van der Waals surface area contributed by atoms with Crippen molar-refractivity contribution in [2.45, 2.75) is 25.1 Å². The molecule has 0 aliphatic carbocycles. The molecule has 0 unspecified atom stereocenters. The Labute approximate surface area is 138 Å². The van der Waals surface area contributed by atoms with Gasteiger partial charge in [0.15, 0.2) is 0 Å². The molecule has 0 bridgehead atoms. The third-order valence-corrected chi connectivity index (χ3v) is 3.24. The van der Waals surface area contributed by atoms with Crippen LogP contribution in [-0.4, -0.2) is 41.3 Å². The Balaban J connectivity index is 2.41. The number of carbonyl (C=O) groups is 1. The first-order valence-corrected chi connectivity index (χ1v) is 6.71. The van der Waals surface area contributed by atoms with Crippen molar-refractivity contribution in [1.29, 1.82) is 0 Å². The molecule has 6 nitrogen and oxygen atoms in total. The summed E-state index contributed by atoms with van der Waals surface area (Å²) in [5.74, 6) is -1.02. The number of methoxy groups -OCH3 is 1. The van der Waals surface area contributed by atoms with Crippen LogP contribution in [0.25, 0.3) is 0 Å². The zero-order chi connectivity index (χ0) is 19.0. The molecule has 0 spiro atoms. The molecule has 2 N–H and O–H groups in total. The Morgan fingerprint density at radius 3 is 2.48 bits per heavy atom. The van der Waals surface area contributed by atoms with Gasteiger partial charge in [0.2, 0.25) is 0 Å². The number of rotatable bonds is 4. The summed E-state index contributed by atoms with van der Waals surface area (Å²) < 4.78 is 72.3. The lowest BCUT2D eigenvalue weighted by Crippen LogP contribution is -2.63. The molecule has 0 saturated carbocycles. The van der Waals surface area contributed by atoms with Crippen LogP contribution in [-0.2, 0) is 4.74 Å². The lowest BCUT2D eigenvalue weighted by Gasteiger charge is -2.37. The summed E-state index contributed by atoms with van der Waals surface area (Å²) >= 11 is 0. The van der Waals surface area contributed by atoms with Gasteiger partial charge < -0.3 is 9.84 Å². The summed E-state index contributed by atoms with van der Waals surface area (Å²) in [6.07, 6.45) is -10.6. The van der Waals surface area contributed by atoms with E-state index in [1.54, 1.807) is 0 Å². The van der Waals surface area contributed by atoms with Crippen molar-refractivity contribution in [3.8, 4) is 5.75 Å². The number of amides is 1. The Morgan fingerprint density at radius 2 is 1.92 bits per heavy atom. The molecule has 2 rings (SSSR count). The average molecular weight is 368 g/mol. The standard InChI is InChI=1S/C14H13F5N2O4/c1-8-7-12(23,13(15,16)25-14(17,18)19)21(20-8)11(22)9-4-3-5-10(6-9)24-2/h3-7,20,23H,1-2H3/t12-/m1/s1. The van der Waals surface area contributed by atoms with Crippen molar-refractivity contribution in [1.82, 2.24) is 10.4 Å². The number of allylic oxidation sites excluding steroid dienone is 1. The molecule has 1 heterocycles. The Bertz CT molecular complexity index is 707. The zero-order valence-corrected chi connectivity index (χ0v) is 12.9. The van der Waals surface area contributed by atoms with Crippen LogP contribution < -0.4 is 10.2 Å². The molecule has 25 heavy (non-hydrogen) atoms. The lowest BCUT2D eigenvalue weighted by molar-refractivity contribution is -0.463. The second-order valence-electron chi connectivity index (χ2n) is 5.10. The highest BCUT2D eigenvalue weighted by Crippen LogP contribution is 2.41. The number of hydrogen-bond donors (Lipinski definition) is 2. The Morgan fingerprint density at radius 1 is 1.28 bits per heavy atom. The van der Waals surface area contributed by atoms with Crippen molar-refractivity contribution >= 4 is 5.91 Å². The molecular weight excluding hydrogens is 355 g/mol. The average Bonchev–Trinajstić information content (AvgIpc) is 2.81. The van der Waals surface area contributed by atoms with Gasteiger partial charge in [-0.05, 0) is 31.2 Å². The number of hydrazine groups is 1. The molecule has 0 radical (unpaired) electrons. The van der Waals surface area contributed by atoms with Gasteiger partial charge >= 0.3 is 12.5 Å². The van der Waals surface area contributed by atoms with E-state index in [1.807, 2.05) is 0 Å². The molecule has 1 aromatic carbocycles. The fourth-order valence-corrected chi connectivity index (χ4v) is 2.19. The minimum atomic E-state index is -5.74. The minimum absolute atomic E-state index is 0.0388. The number of benzene rings is 1. The van der Waals surface area contributed by atoms with Gasteiger partial charge in [-0.15, -0.1) is 13.2 Å². The molecule has 138 valence electrons. The maximum Gasteiger partial charge on any atom is 0.527 e. The fraction of sp³-hybridized carbons (Fsp3) is 0.357. The smallest absolute Gasteiger partial charge is 0.497 e. The van der Waals surface area contributed by atoms with Gasteiger partial charge in [0.05, 0.1) is 7.11 Å². The normalized spacial score (nSPS) is 21.0. The first kappa shape index (κ1) is 18.9. The lowest BCUT2D eigenvalue weighted by atomic mass is 10.1. The van der Waals surface area contributed by atoms with Gasteiger partial charge in [-0.3, -0.25) is 10.2 Å². The first-order chi connectivity index (χ1) is 11.4. The molecular formula is C14H13F5N2O4. The van der Waals surface area contributed by atoms with Crippen molar-refractivity contribution in [2.75, 3.05) is 7.11 Å². The summed E-state index contributed by atoms with van der Waals surface area (Å²) in [5, 5.41) is 10.1. The summed E-state index contributed by atoms with van der Waals surface area (Å²) in [6.45, 7) is 1.17. The second-order valence-corrected chi connectivity index (χ2v) is 5.10. The maximum absolute atomic E-state index is 14.0. The number of carbonyl (C=O) groups excluding carboxylic acids is 1. The zero-order valence-electron chi connectivity index (χ0n) is 12.9. The third kappa shape index (κ3) is 3.66. The molecule has 0 aromatic heterocycles. The summed E-state index contributed by atoms with van der Waals surface area (Å²) in [6, 6.07) is 5.21. The highest BCUT2D eigenvalue weighted by Gasteiger charge is 2.65. The van der Waals surface area contributed by atoms with Gasteiger partial charge in [0, 0.05) is 11.3 Å². The third-order valence-electron chi connectivity index (χ3n) is 3.24. The van der Waals surface area contributed by atoms with E-state index in [4.69, 9.17) is 4.74 Å². The van der Waals surface area contributed by atoms with Crippen LogP contribution in [0.4, 0.5) is 22.0 Å². The van der Waals surface area contributed by atoms with Crippen LogP contribution in [0, 0.1) is 0 Å². The first-order valence-electron chi connectivity index (χ1n) is 6.71. The van der Waals surface area contributed by atoms with E-state index >= 15 is 0 Å². The highest BCUT2D eigenvalue weighted by molar-refractivity contribution is 5.95. The van der Waals surface area contributed by atoms with Crippen LogP contribution in [0.2, 0.25) is 0 Å². The predicted molar refractivity (Wildman–Crippen MR) is 73.1 cm³/mol. The summed E-state index contributed by atoms with van der Waals surface area (Å²) in [7, 11) is 1.30. The summed E-state index contributed by atoms with van der Waals surface area (Å²) in [4.78, 5) is 12.4. The SMILES string of the molecule is COc1cccc(C(=O)N2NC(C)=C[C@@]2(O)C(F)(F)OC(F)(F)F)c1. The van der Waals surface area contributed by atoms with Gasteiger partial charge in [-0.25, -0.2) is 9.75 Å². The topological polar surface area (TPSA) is 71.0 Å². The maximum atomic E-state index is 14.0. The molecule has 1 atom stereocenters. The largest absolute Gasteiger partial charge is 0.527 e. The number of alkyl halides is 5. The Hall–Kier alpha value is -2.40. The monoisotopic (exact) mass is 368 g/mol. The molecule has 1 aromatic rings. The minimum Gasteiger partial charge on any atom is -0.497 e. The number of nitrogens with one attached hydrogen (secondary N) is 1. The number of nitrogens with zero attached hydrogens (tertiary/aromatic N) is 1. The van der Waals surface area contributed by atoms with Crippen molar-refractivity contribution < 1.29 is 41.3 Å². The second kappa shape index (κ2) is 6.15. The van der Waals surface area contributed by atoms with E-state index in [9.17, 15) is 31.9 Å². The molecule has 11 heteroatoms. The Kier molecular flexibility index (Phi) is 4.66. The van der Waals surface area contributed by atoms with E-state index in [-0.39, 0.29) is 22.0 Å². The highest BCUT2D eigenvalue weighted by atomic mass is 19.4. The fourth-order valence-electron chi connectivity index (χ4n) is 2.19. The number of halogens is 5. The van der Waals surface area contributed by atoms with Crippen molar-refractivity contribution in [2.24, 2.45) is 0 Å². The van der Waals surface area contributed by atoms with Gasteiger partial charge in [-0.1, -0.05) is 6.07 Å². The van der Waals surface area contributed by atoms with E-state index < -0.39 is 24.1 Å². The van der Waals surface area contributed by atoms with E-state index in [2.05, 4.69) is 10.2 Å².